The van der Waals surface area contributed by atoms with Crippen LogP contribution in [0.5, 0.6) is 0 Å². The number of hydrogen-bond acceptors (Lipinski definition) is 3. The van der Waals surface area contributed by atoms with E-state index in [2.05, 4.69) is 10.2 Å². The highest BCUT2D eigenvalue weighted by molar-refractivity contribution is 6.31. The minimum absolute atomic E-state index is 0.347. The van der Waals surface area contributed by atoms with Gasteiger partial charge in [-0.2, -0.15) is 0 Å². The van der Waals surface area contributed by atoms with Gasteiger partial charge in [0.25, 0.3) is 0 Å². The molecule has 0 spiro atoms. The van der Waals surface area contributed by atoms with Gasteiger partial charge in [-0.25, -0.2) is 0 Å². The van der Waals surface area contributed by atoms with Crippen LogP contribution in [0, 0.1) is 6.92 Å². The first-order valence-electron chi connectivity index (χ1n) is 4.97. The molecule has 1 aromatic heterocycles. The minimum atomic E-state index is -0.347. The van der Waals surface area contributed by atoms with E-state index in [1.165, 1.54) is 0 Å². The Labute approximate surface area is 99.1 Å². The standard InChI is InChI=1S/C11H13ClN4/c1-7-14-15-11(16(7)2)10(13)8-5-3-4-6-9(8)12/h3-6,10H,13H2,1-2H3/t10-/m1/s1. The molecule has 0 unspecified atom stereocenters. The zero-order valence-corrected chi connectivity index (χ0v) is 9.94. The summed E-state index contributed by atoms with van der Waals surface area (Å²) < 4.78 is 1.87. The average molecular weight is 237 g/mol. The van der Waals surface area contributed by atoms with Crippen molar-refractivity contribution in [3.63, 3.8) is 0 Å². The molecule has 84 valence electrons. The van der Waals surface area contributed by atoms with E-state index < -0.39 is 0 Å². The van der Waals surface area contributed by atoms with Crippen molar-refractivity contribution in [1.82, 2.24) is 14.8 Å². The minimum Gasteiger partial charge on any atom is -0.318 e. The lowest BCUT2D eigenvalue weighted by molar-refractivity contribution is 0.706. The van der Waals surface area contributed by atoms with Crippen LogP contribution < -0.4 is 5.73 Å². The van der Waals surface area contributed by atoms with Gasteiger partial charge < -0.3 is 10.3 Å². The zero-order valence-electron chi connectivity index (χ0n) is 9.18. The highest BCUT2D eigenvalue weighted by Gasteiger charge is 2.17. The number of benzene rings is 1. The third-order valence-corrected chi connectivity index (χ3v) is 2.99. The van der Waals surface area contributed by atoms with Gasteiger partial charge in [0.2, 0.25) is 0 Å². The summed E-state index contributed by atoms with van der Waals surface area (Å²) in [5.74, 6) is 1.54. The van der Waals surface area contributed by atoms with Gasteiger partial charge >= 0.3 is 0 Å². The fourth-order valence-electron chi connectivity index (χ4n) is 1.56. The summed E-state index contributed by atoms with van der Waals surface area (Å²) >= 11 is 6.09. The molecule has 1 heterocycles. The van der Waals surface area contributed by atoms with Crippen LogP contribution in [0.25, 0.3) is 0 Å². The topological polar surface area (TPSA) is 56.7 Å². The lowest BCUT2D eigenvalue weighted by Crippen LogP contribution is -2.17. The summed E-state index contributed by atoms with van der Waals surface area (Å²) in [6.07, 6.45) is 0. The predicted octanol–water partition coefficient (Wildman–Crippen LogP) is 1.83. The molecule has 0 fully saturated rings. The fourth-order valence-corrected chi connectivity index (χ4v) is 1.81. The molecule has 0 bridgehead atoms. The molecule has 5 heteroatoms. The second kappa shape index (κ2) is 4.23. The molecule has 0 aliphatic heterocycles. The average Bonchev–Trinajstić information content (AvgIpc) is 2.60. The van der Waals surface area contributed by atoms with E-state index in [0.717, 1.165) is 11.4 Å². The van der Waals surface area contributed by atoms with Crippen LogP contribution in [0.15, 0.2) is 24.3 Å². The Morgan fingerprint density at radius 1 is 1.31 bits per heavy atom. The van der Waals surface area contributed by atoms with Crippen molar-refractivity contribution in [2.24, 2.45) is 12.8 Å². The molecule has 0 aliphatic carbocycles. The number of nitrogens with two attached hydrogens (primary N) is 1. The first-order valence-corrected chi connectivity index (χ1v) is 5.35. The van der Waals surface area contributed by atoms with Crippen LogP contribution in [0.1, 0.15) is 23.3 Å². The van der Waals surface area contributed by atoms with Crippen molar-refractivity contribution < 1.29 is 0 Å². The first kappa shape index (κ1) is 11.1. The maximum atomic E-state index is 6.12. The summed E-state index contributed by atoms with van der Waals surface area (Å²) in [6, 6.07) is 7.15. The highest BCUT2D eigenvalue weighted by Crippen LogP contribution is 2.24. The smallest absolute Gasteiger partial charge is 0.154 e. The van der Waals surface area contributed by atoms with Crippen LogP contribution in [0.2, 0.25) is 5.02 Å². The summed E-state index contributed by atoms with van der Waals surface area (Å²) in [7, 11) is 1.89. The Balaban J connectivity index is 2.43. The Morgan fingerprint density at radius 3 is 2.56 bits per heavy atom. The van der Waals surface area contributed by atoms with Gasteiger partial charge in [-0.15, -0.1) is 10.2 Å². The first-order chi connectivity index (χ1) is 7.61. The number of aromatic nitrogens is 3. The number of nitrogens with zero attached hydrogens (tertiary/aromatic N) is 3. The van der Waals surface area contributed by atoms with Crippen LogP contribution in [0.3, 0.4) is 0 Å². The van der Waals surface area contributed by atoms with E-state index in [9.17, 15) is 0 Å². The van der Waals surface area contributed by atoms with Gasteiger partial charge in [0.15, 0.2) is 5.82 Å². The molecule has 2 N–H and O–H groups in total. The van der Waals surface area contributed by atoms with Crippen molar-refractivity contribution in [1.29, 1.82) is 0 Å². The number of aryl methyl sites for hydroxylation is 1. The van der Waals surface area contributed by atoms with Crippen LogP contribution in [0.4, 0.5) is 0 Å². The van der Waals surface area contributed by atoms with Crippen molar-refractivity contribution in [3.8, 4) is 0 Å². The molecule has 0 saturated heterocycles. The molecule has 0 radical (unpaired) electrons. The van der Waals surface area contributed by atoms with Gasteiger partial charge in [0.1, 0.15) is 5.82 Å². The predicted molar refractivity (Wildman–Crippen MR) is 63.2 cm³/mol. The van der Waals surface area contributed by atoms with Crippen molar-refractivity contribution in [2.75, 3.05) is 0 Å². The van der Waals surface area contributed by atoms with E-state index in [1.54, 1.807) is 0 Å². The SMILES string of the molecule is Cc1nnc([C@H](N)c2ccccc2Cl)n1C. The van der Waals surface area contributed by atoms with Gasteiger partial charge in [-0.1, -0.05) is 29.8 Å². The quantitative estimate of drug-likeness (QED) is 0.866. The normalized spacial score (nSPS) is 12.8. The largest absolute Gasteiger partial charge is 0.318 e. The molecule has 0 saturated carbocycles. The van der Waals surface area contributed by atoms with Crippen molar-refractivity contribution in [2.45, 2.75) is 13.0 Å². The third kappa shape index (κ3) is 1.81. The van der Waals surface area contributed by atoms with Crippen molar-refractivity contribution in [3.05, 3.63) is 46.5 Å². The molecule has 1 aromatic carbocycles. The molecule has 2 aromatic rings. The fraction of sp³-hybridized carbons (Fsp3) is 0.273. The van der Waals surface area contributed by atoms with Gasteiger partial charge in [-0.3, -0.25) is 0 Å². The number of hydrogen-bond donors (Lipinski definition) is 1. The Hall–Kier alpha value is -1.39. The summed E-state index contributed by atoms with van der Waals surface area (Å²) in [6.45, 7) is 1.88. The highest BCUT2D eigenvalue weighted by atomic mass is 35.5. The maximum absolute atomic E-state index is 6.12. The van der Waals surface area contributed by atoms with Crippen LogP contribution in [-0.2, 0) is 7.05 Å². The lowest BCUT2D eigenvalue weighted by Gasteiger charge is -2.12. The molecule has 1 atom stereocenters. The number of halogens is 1. The van der Waals surface area contributed by atoms with Crippen molar-refractivity contribution >= 4 is 11.6 Å². The van der Waals surface area contributed by atoms with Crippen LogP contribution in [-0.4, -0.2) is 14.8 Å². The lowest BCUT2D eigenvalue weighted by atomic mass is 10.1. The zero-order chi connectivity index (χ0) is 11.7. The summed E-state index contributed by atoms with van der Waals surface area (Å²) in [5, 5.41) is 8.69. The summed E-state index contributed by atoms with van der Waals surface area (Å²) in [4.78, 5) is 0. The van der Waals surface area contributed by atoms with E-state index in [4.69, 9.17) is 17.3 Å². The van der Waals surface area contributed by atoms with E-state index >= 15 is 0 Å². The van der Waals surface area contributed by atoms with Gasteiger partial charge in [0.05, 0.1) is 6.04 Å². The van der Waals surface area contributed by atoms with Gasteiger partial charge in [-0.05, 0) is 18.6 Å². The Morgan fingerprint density at radius 2 is 2.00 bits per heavy atom. The maximum Gasteiger partial charge on any atom is 0.154 e. The molecule has 0 aliphatic rings. The Kier molecular flexibility index (Phi) is 2.94. The molecule has 4 nitrogen and oxygen atoms in total. The van der Waals surface area contributed by atoms with Crippen LogP contribution >= 0.6 is 11.6 Å². The monoisotopic (exact) mass is 236 g/mol. The van der Waals surface area contributed by atoms with Gasteiger partial charge in [0, 0.05) is 12.1 Å². The second-order valence-corrected chi connectivity index (χ2v) is 4.07. The summed E-state index contributed by atoms with van der Waals surface area (Å²) in [5.41, 5.74) is 6.98. The van der Waals surface area contributed by atoms with E-state index in [0.29, 0.717) is 10.8 Å². The molecular weight excluding hydrogens is 224 g/mol. The molecule has 0 amide bonds. The van der Waals surface area contributed by atoms with E-state index in [1.807, 2.05) is 42.8 Å². The third-order valence-electron chi connectivity index (χ3n) is 2.64. The Bertz CT molecular complexity index is 506. The second-order valence-electron chi connectivity index (χ2n) is 3.66. The molecule has 16 heavy (non-hydrogen) atoms. The van der Waals surface area contributed by atoms with E-state index in [-0.39, 0.29) is 6.04 Å². The number of rotatable bonds is 2. The molecular formula is C11H13ClN4. The molecule has 2 rings (SSSR count).